The van der Waals surface area contributed by atoms with E-state index in [4.69, 9.17) is 11.6 Å². The molecule has 2 aromatic carbocycles. The van der Waals surface area contributed by atoms with E-state index in [1.807, 2.05) is 17.0 Å². The number of hydrogen-bond donors (Lipinski definition) is 2. The van der Waals surface area contributed by atoms with Crippen LogP contribution in [0, 0.1) is 10.1 Å². The van der Waals surface area contributed by atoms with Gasteiger partial charge in [0.2, 0.25) is 5.91 Å². The number of para-hydroxylation sites is 2. The van der Waals surface area contributed by atoms with Crippen molar-refractivity contribution in [1.82, 2.24) is 4.90 Å². The van der Waals surface area contributed by atoms with E-state index >= 15 is 0 Å². The minimum atomic E-state index is -0.534. The fraction of sp³-hybridized carbons (Fsp3) is 0.316. The summed E-state index contributed by atoms with van der Waals surface area (Å²) in [4.78, 5) is 27.1. The van der Waals surface area contributed by atoms with Crippen molar-refractivity contribution in [3.05, 3.63) is 57.6 Å². The van der Waals surface area contributed by atoms with Gasteiger partial charge in [0.25, 0.3) is 5.69 Å². The first-order chi connectivity index (χ1) is 13.4. The number of carbonyl (C=O) groups excluding carboxylic acids is 1. The second kappa shape index (κ2) is 8.45. The summed E-state index contributed by atoms with van der Waals surface area (Å²) in [7, 11) is 0. The second-order valence-corrected chi connectivity index (χ2v) is 7.01. The van der Waals surface area contributed by atoms with Crippen LogP contribution in [-0.2, 0) is 4.79 Å². The molecule has 1 aliphatic rings. The Bertz CT molecular complexity index is 884. The van der Waals surface area contributed by atoms with Crippen molar-refractivity contribution in [2.24, 2.45) is 0 Å². The van der Waals surface area contributed by atoms with Crippen molar-refractivity contribution in [1.29, 1.82) is 0 Å². The van der Waals surface area contributed by atoms with Gasteiger partial charge in [0.1, 0.15) is 5.75 Å². The topological polar surface area (TPSA) is 98.9 Å². The summed E-state index contributed by atoms with van der Waals surface area (Å²) in [6.07, 6.45) is 0. The lowest BCUT2D eigenvalue weighted by molar-refractivity contribution is -0.384. The molecule has 2 aromatic rings. The molecular formula is C19H21ClN4O4. The number of hydrogen-bond acceptors (Lipinski definition) is 6. The maximum absolute atomic E-state index is 12.6. The van der Waals surface area contributed by atoms with E-state index in [2.05, 4.69) is 10.2 Å². The molecule has 1 atom stereocenters. The molecule has 3 rings (SSSR count). The van der Waals surface area contributed by atoms with Crippen molar-refractivity contribution >= 4 is 34.6 Å². The summed E-state index contributed by atoms with van der Waals surface area (Å²) in [5, 5.41) is 23.8. The zero-order valence-corrected chi connectivity index (χ0v) is 16.1. The van der Waals surface area contributed by atoms with Gasteiger partial charge < -0.3 is 15.3 Å². The summed E-state index contributed by atoms with van der Waals surface area (Å²) < 4.78 is 0. The Morgan fingerprint density at radius 3 is 2.54 bits per heavy atom. The molecule has 1 amide bonds. The third-order valence-electron chi connectivity index (χ3n) is 4.88. The number of phenolic OH excluding ortho intramolecular Hbond substituents is 1. The van der Waals surface area contributed by atoms with Crippen LogP contribution in [-0.4, -0.2) is 53.1 Å². The van der Waals surface area contributed by atoms with Gasteiger partial charge in [-0.2, -0.15) is 0 Å². The summed E-state index contributed by atoms with van der Waals surface area (Å²) in [5.74, 6) is -0.0412. The zero-order chi connectivity index (χ0) is 20.3. The summed E-state index contributed by atoms with van der Waals surface area (Å²) in [6, 6.07) is 10.7. The number of carbonyl (C=O) groups is 1. The Labute approximate surface area is 167 Å². The minimum absolute atomic E-state index is 0.136. The summed E-state index contributed by atoms with van der Waals surface area (Å²) >= 11 is 6.06. The van der Waals surface area contributed by atoms with E-state index in [0.717, 1.165) is 5.69 Å². The molecule has 0 unspecified atom stereocenters. The number of nitro benzene ring substituents is 1. The maximum atomic E-state index is 12.6. The molecule has 1 fully saturated rings. The highest BCUT2D eigenvalue weighted by Crippen LogP contribution is 2.29. The summed E-state index contributed by atoms with van der Waals surface area (Å²) in [5.41, 5.74) is 0.867. The third kappa shape index (κ3) is 4.35. The van der Waals surface area contributed by atoms with Gasteiger partial charge in [0, 0.05) is 38.3 Å². The molecule has 9 heteroatoms. The van der Waals surface area contributed by atoms with Gasteiger partial charge in [-0.15, -0.1) is 0 Å². The third-order valence-corrected chi connectivity index (χ3v) is 5.21. The number of phenols is 1. The average molecular weight is 405 g/mol. The van der Waals surface area contributed by atoms with E-state index in [9.17, 15) is 20.0 Å². The van der Waals surface area contributed by atoms with Gasteiger partial charge in [0.15, 0.2) is 0 Å². The van der Waals surface area contributed by atoms with Crippen LogP contribution in [0.4, 0.5) is 17.1 Å². The Morgan fingerprint density at radius 1 is 1.21 bits per heavy atom. The highest BCUT2D eigenvalue weighted by Gasteiger charge is 2.27. The lowest BCUT2D eigenvalue weighted by atomic mass is 10.2. The Balaban J connectivity index is 1.61. The molecule has 0 aromatic heterocycles. The fourth-order valence-electron chi connectivity index (χ4n) is 3.21. The van der Waals surface area contributed by atoms with Crippen LogP contribution in [0.2, 0.25) is 5.02 Å². The van der Waals surface area contributed by atoms with Crippen molar-refractivity contribution in [2.75, 3.05) is 36.4 Å². The predicted octanol–water partition coefficient (Wildman–Crippen LogP) is 3.10. The first-order valence-corrected chi connectivity index (χ1v) is 9.26. The molecule has 148 valence electrons. The normalized spacial score (nSPS) is 15.9. The molecule has 0 spiro atoms. The lowest BCUT2D eigenvalue weighted by Crippen LogP contribution is -2.52. The fourth-order valence-corrected chi connectivity index (χ4v) is 3.37. The van der Waals surface area contributed by atoms with Crippen LogP contribution < -0.4 is 10.2 Å². The molecule has 1 saturated heterocycles. The largest absolute Gasteiger partial charge is 0.506 e. The molecule has 0 aliphatic carbocycles. The van der Waals surface area contributed by atoms with Crippen LogP contribution in [0.1, 0.15) is 6.92 Å². The van der Waals surface area contributed by atoms with Gasteiger partial charge in [-0.05, 0) is 25.1 Å². The van der Waals surface area contributed by atoms with Gasteiger partial charge in [-0.1, -0.05) is 23.7 Å². The van der Waals surface area contributed by atoms with Crippen molar-refractivity contribution in [3.63, 3.8) is 0 Å². The maximum Gasteiger partial charge on any atom is 0.271 e. The number of nitrogens with zero attached hydrogens (tertiary/aromatic N) is 3. The number of aromatic hydroxyl groups is 1. The second-order valence-electron chi connectivity index (χ2n) is 6.60. The zero-order valence-electron chi connectivity index (χ0n) is 15.3. The Kier molecular flexibility index (Phi) is 6.01. The minimum Gasteiger partial charge on any atom is -0.506 e. The van der Waals surface area contributed by atoms with Crippen LogP contribution >= 0.6 is 11.6 Å². The predicted molar refractivity (Wildman–Crippen MR) is 108 cm³/mol. The quantitative estimate of drug-likeness (QED) is 0.586. The summed E-state index contributed by atoms with van der Waals surface area (Å²) in [6.45, 7) is 4.42. The van der Waals surface area contributed by atoms with Crippen molar-refractivity contribution < 1.29 is 14.8 Å². The molecular weight excluding hydrogens is 384 g/mol. The number of halogens is 1. The number of non-ortho nitro benzene ring substituents is 1. The van der Waals surface area contributed by atoms with Crippen LogP contribution in [0.5, 0.6) is 5.75 Å². The van der Waals surface area contributed by atoms with Crippen molar-refractivity contribution in [3.8, 4) is 5.75 Å². The Morgan fingerprint density at radius 2 is 1.89 bits per heavy atom. The molecule has 1 heterocycles. The van der Waals surface area contributed by atoms with Crippen LogP contribution in [0.3, 0.4) is 0 Å². The van der Waals surface area contributed by atoms with E-state index in [0.29, 0.717) is 26.2 Å². The van der Waals surface area contributed by atoms with Gasteiger partial charge >= 0.3 is 0 Å². The highest BCUT2D eigenvalue weighted by atomic mass is 35.5. The number of piperazine rings is 1. The smallest absolute Gasteiger partial charge is 0.271 e. The molecule has 28 heavy (non-hydrogen) atoms. The van der Waals surface area contributed by atoms with Gasteiger partial charge in [-0.3, -0.25) is 19.8 Å². The standard InChI is InChI=1S/C19H21ClN4O4/c1-13(19(26)21-16-12-14(24(27)28)6-7-15(16)20)22-8-10-23(11-9-22)17-4-2-3-5-18(17)25/h2-7,12-13,25H,8-11H2,1H3,(H,21,26)/t13-/m1/s1. The van der Waals surface area contributed by atoms with E-state index in [1.165, 1.54) is 18.2 Å². The van der Waals surface area contributed by atoms with E-state index in [1.54, 1.807) is 19.1 Å². The molecule has 2 N–H and O–H groups in total. The number of rotatable bonds is 5. The van der Waals surface area contributed by atoms with Gasteiger partial charge in [0.05, 0.1) is 27.4 Å². The molecule has 0 radical (unpaired) electrons. The first kappa shape index (κ1) is 19.9. The van der Waals surface area contributed by atoms with Crippen LogP contribution in [0.15, 0.2) is 42.5 Å². The number of nitro groups is 1. The lowest BCUT2D eigenvalue weighted by Gasteiger charge is -2.38. The highest BCUT2D eigenvalue weighted by molar-refractivity contribution is 6.33. The van der Waals surface area contributed by atoms with Crippen LogP contribution in [0.25, 0.3) is 0 Å². The Hall–Kier alpha value is -2.84. The van der Waals surface area contributed by atoms with E-state index in [-0.39, 0.29) is 28.1 Å². The number of nitrogens with one attached hydrogen (secondary N) is 1. The van der Waals surface area contributed by atoms with E-state index < -0.39 is 11.0 Å². The molecule has 0 saturated carbocycles. The number of anilines is 2. The molecule has 1 aliphatic heterocycles. The molecule has 8 nitrogen and oxygen atoms in total. The molecule has 0 bridgehead atoms. The monoisotopic (exact) mass is 404 g/mol. The average Bonchev–Trinajstić information content (AvgIpc) is 2.69. The van der Waals surface area contributed by atoms with Gasteiger partial charge in [-0.25, -0.2) is 0 Å². The first-order valence-electron chi connectivity index (χ1n) is 8.88. The number of amides is 1. The number of benzene rings is 2. The van der Waals surface area contributed by atoms with Crippen molar-refractivity contribution in [2.45, 2.75) is 13.0 Å². The SMILES string of the molecule is C[C@H](C(=O)Nc1cc([N+](=O)[O-])ccc1Cl)N1CCN(c2ccccc2O)CC1.